The van der Waals surface area contributed by atoms with Crippen molar-refractivity contribution in [1.82, 2.24) is 23.8 Å². The van der Waals surface area contributed by atoms with E-state index in [4.69, 9.17) is 10.7 Å². The van der Waals surface area contributed by atoms with Crippen molar-refractivity contribution in [2.45, 2.75) is 58.9 Å². The predicted octanol–water partition coefficient (Wildman–Crippen LogP) is 3.23. The number of amidine groups is 1. The Bertz CT molecular complexity index is 830. The van der Waals surface area contributed by atoms with Gasteiger partial charge in [0.05, 0.1) is 22.9 Å². The van der Waals surface area contributed by atoms with E-state index in [0.717, 1.165) is 44.1 Å². The number of nitrogens with zero attached hydrogens (tertiary/aromatic N) is 4. The van der Waals surface area contributed by atoms with E-state index in [2.05, 4.69) is 65.2 Å². The van der Waals surface area contributed by atoms with Crippen molar-refractivity contribution in [1.29, 1.82) is 0 Å². The van der Waals surface area contributed by atoms with Gasteiger partial charge >= 0.3 is 0 Å². The molecule has 0 aliphatic carbocycles. The Morgan fingerprint density at radius 2 is 2.15 bits per heavy atom. The molecule has 1 aromatic rings. The van der Waals surface area contributed by atoms with Gasteiger partial charge in [-0.2, -0.15) is 16.9 Å². The number of hydrazone groups is 1. The lowest BCUT2D eigenvalue weighted by molar-refractivity contribution is 0.0606. The molecule has 192 valence electrons. The summed E-state index contributed by atoms with van der Waals surface area (Å²) in [5.41, 5.74) is 6.49. The summed E-state index contributed by atoms with van der Waals surface area (Å²) in [6.45, 7) is 13.4. The van der Waals surface area contributed by atoms with E-state index in [-0.39, 0.29) is 23.3 Å². The van der Waals surface area contributed by atoms with Gasteiger partial charge in [0.25, 0.3) is 5.91 Å². The number of amides is 1. The molecule has 1 aliphatic heterocycles. The lowest BCUT2D eigenvalue weighted by Gasteiger charge is -2.39. The molecule has 1 amide bonds. The van der Waals surface area contributed by atoms with E-state index in [1.807, 2.05) is 39.5 Å². The van der Waals surface area contributed by atoms with Crippen LogP contribution in [0.4, 0.5) is 5.82 Å². The van der Waals surface area contributed by atoms with Gasteiger partial charge in [0.1, 0.15) is 23.0 Å². The first-order valence-corrected chi connectivity index (χ1v) is 14.4. The average molecular weight is 605 g/mol. The van der Waals surface area contributed by atoms with Crippen molar-refractivity contribution in [3.63, 3.8) is 0 Å². The Morgan fingerprint density at radius 3 is 2.76 bits per heavy atom. The lowest BCUT2D eigenvalue weighted by Crippen LogP contribution is -2.54. The van der Waals surface area contributed by atoms with E-state index in [9.17, 15) is 4.79 Å². The number of anilines is 1. The maximum atomic E-state index is 14.0. The summed E-state index contributed by atoms with van der Waals surface area (Å²) in [7, 11) is 0. The molecule has 0 spiro atoms. The second-order valence-corrected chi connectivity index (χ2v) is 11.7. The first-order chi connectivity index (χ1) is 16.1. The van der Waals surface area contributed by atoms with Gasteiger partial charge < -0.3 is 21.3 Å². The molecule has 0 aromatic carbocycles. The van der Waals surface area contributed by atoms with Crippen LogP contribution in [0.25, 0.3) is 0 Å². The number of halogens is 1. The van der Waals surface area contributed by atoms with Crippen LogP contribution in [-0.4, -0.2) is 70.8 Å². The SMILES string of the molecule is CSCCCNc1nc(C(C)(C)C)ncc1C(=O)N(CC(C)C)[C@@H]1CNC[C@H](/C(N)=N/NI)C1. The van der Waals surface area contributed by atoms with Gasteiger partial charge in [-0.1, -0.05) is 34.6 Å². The molecule has 2 heterocycles. The monoisotopic (exact) mass is 604 g/mol. The van der Waals surface area contributed by atoms with Crippen LogP contribution in [0.2, 0.25) is 0 Å². The number of nitrogens with two attached hydrogens (primary N) is 1. The predicted molar refractivity (Wildman–Crippen MR) is 152 cm³/mol. The Labute approximate surface area is 222 Å². The molecule has 2 atom stereocenters. The highest BCUT2D eigenvalue weighted by atomic mass is 127. The number of rotatable bonds is 11. The number of piperidine rings is 1. The van der Waals surface area contributed by atoms with Crippen LogP contribution in [0, 0.1) is 11.8 Å². The molecule has 0 unspecified atom stereocenters. The Hall–Kier alpha value is -1.34. The molecular formula is C23H41IN8OS. The molecule has 11 heteroatoms. The molecule has 1 fully saturated rings. The Morgan fingerprint density at radius 1 is 1.41 bits per heavy atom. The second kappa shape index (κ2) is 13.7. The fourth-order valence-electron chi connectivity index (χ4n) is 3.93. The van der Waals surface area contributed by atoms with Crippen LogP contribution in [0.1, 0.15) is 63.6 Å². The van der Waals surface area contributed by atoms with Crippen molar-refractivity contribution in [2.24, 2.45) is 22.7 Å². The summed E-state index contributed by atoms with van der Waals surface area (Å²) in [5, 5.41) is 11.0. The van der Waals surface area contributed by atoms with E-state index in [1.165, 1.54) is 0 Å². The van der Waals surface area contributed by atoms with Crippen LogP contribution in [0.3, 0.4) is 0 Å². The van der Waals surface area contributed by atoms with E-state index in [1.54, 1.807) is 6.20 Å². The zero-order chi connectivity index (χ0) is 25.3. The zero-order valence-electron chi connectivity index (χ0n) is 21.3. The highest BCUT2D eigenvalue weighted by Gasteiger charge is 2.33. The summed E-state index contributed by atoms with van der Waals surface area (Å²) < 4.78 is 2.74. The molecule has 2 rings (SSSR count). The van der Waals surface area contributed by atoms with Crippen molar-refractivity contribution in [3.8, 4) is 0 Å². The molecule has 0 bridgehead atoms. The number of carbonyl (C=O) groups excluding carboxylic acids is 1. The maximum absolute atomic E-state index is 14.0. The summed E-state index contributed by atoms with van der Waals surface area (Å²) in [4.78, 5) is 25.3. The number of aromatic nitrogens is 2. The molecule has 5 N–H and O–H groups in total. The first-order valence-electron chi connectivity index (χ1n) is 11.9. The highest BCUT2D eigenvalue weighted by molar-refractivity contribution is 14.1. The molecule has 0 radical (unpaired) electrons. The van der Waals surface area contributed by atoms with Gasteiger partial charge in [-0.05, 0) is 30.8 Å². The smallest absolute Gasteiger partial charge is 0.259 e. The number of carbonyl (C=O) groups is 1. The second-order valence-electron chi connectivity index (χ2n) is 10.2. The standard InChI is InChI=1S/C23H41IN8OS/c1-15(2)14-32(17-10-16(11-26-12-17)19(25)30-31-24)21(33)18-13-28-22(23(3,4)5)29-20(18)27-8-7-9-34-6/h13,15-17,26,31H,7-12,14H2,1-6H3,(H2,25,30)(H,27,28,29)/t16-,17+/m1/s1. The fraction of sp³-hybridized carbons (Fsp3) is 0.739. The third kappa shape index (κ3) is 8.40. The van der Waals surface area contributed by atoms with Crippen LogP contribution >= 0.6 is 34.6 Å². The van der Waals surface area contributed by atoms with E-state index < -0.39 is 0 Å². The number of thioether (sulfide) groups is 1. The molecular weight excluding hydrogens is 563 g/mol. The average Bonchev–Trinajstić information content (AvgIpc) is 2.79. The number of hydrogen-bond donors (Lipinski definition) is 4. The summed E-state index contributed by atoms with van der Waals surface area (Å²) in [6.07, 6.45) is 5.55. The van der Waals surface area contributed by atoms with E-state index >= 15 is 0 Å². The third-order valence-electron chi connectivity index (χ3n) is 5.69. The van der Waals surface area contributed by atoms with Gasteiger partial charge in [-0.15, -0.1) is 0 Å². The van der Waals surface area contributed by atoms with E-state index in [0.29, 0.717) is 29.7 Å². The van der Waals surface area contributed by atoms with Crippen LogP contribution in [-0.2, 0) is 5.41 Å². The number of nitrogens with one attached hydrogen (secondary N) is 3. The summed E-state index contributed by atoms with van der Waals surface area (Å²) in [6, 6.07) is 0.00300. The lowest BCUT2D eigenvalue weighted by atomic mass is 9.92. The first kappa shape index (κ1) is 28.9. The molecule has 1 saturated heterocycles. The molecule has 1 aliphatic rings. The van der Waals surface area contributed by atoms with Crippen LogP contribution < -0.4 is 20.0 Å². The van der Waals surface area contributed by atoms with Gasteiger partial charge in [0.15, 0.2) is 0 Å². The van der Waals surface area contributed by atoms with Gasteiger partial charge in [-0.3, -0.25) is 4.79 Å². The fourth-order valence-corrected chi connectivity index (χ4v) is 4.64. The van der Waals surface area contributed by atoms with Crippen molar-refractivity contribution in [3.05, 3.63) is 17.6 Å². The molecule has 0 saturated carbocycles. The maximum Gasteiger partial charge on any atom is 0.259 e. The van der Waals surface area contributed by atoms with Gasteiger partial charge in [0, 0.05) is 49.8 Å². The largest absolute Gasteiger partial charge is 0.385 e. The number of hydrogen-bond acceptors (Lipinski definition) is 8. The van der Waals surface area contributed by atoms with Crippen LogP contribution in [0.15, 0.2) is 11.3 Å². The third-order valence-corrected chi connectivity index (χ3v) is 6.63. The Balaban J connectivity index is 2.36. The minimum atomic E-state index is -0.209. The summed E-state index contributed by atoms with van der Waals surface area (Å²) in [5.74, 6) is 3.29. The topological polar surface area (TPSA) is 121 Å². The molecule has 34 heavy (non-hydrogen) atoms. The van der Waals surface area contributed by atoms with Crippen molar-refractivity contribution in [2.75, 3.05) is 43.5 Å². The zero-order valence-corrected chi connectivity index (χ0v) is 24.3. The molecule has 1 aromatic heterocycles. The highest BCUT2D eigenvalue weighted by Crippen LogP contribution is 2.25. The van der Waals surface area contributed by atoms with Gasteiger partial charge in [0.2, 0.25) is 0 Å². The van der Waals surface area contributed by atoms with Crippen LogP contribution in [0.5, 0.6) is 0 Å². The minimum Gasteiger partial charge on any atom is -0.385 e. The van der Waals surface area contributed by atoms with Crippen molar-refractivity contribution < 1.29 is 4.79 Å². The normalized spacial score (nSPS) is 19.2. The quantitative estimate of drug-likeness (QED) is 0.0760. The Kier molecular flexibility index (Phi) is 11.6. The van der Waals surface area contributed by atoms with Crippen molar-refractivity contribution >= 4 is 52.2 Å². The molecule has 9 nitrogen and oxygen atoms in total. The van der Waals surface area contributed by atoms with Gasteiger partial charge in [-0.25, -0.2) is 13.6 Å². The summed E-state index contributed by atoms with van der Waals surface area (Å²) >= 11 is 3.77. The minimum absolute atomic E-state index is 0.00300.